The SMILES string of the molecule is [B]C1NC([B])([B])C([B])([B])NC1([B])[B]. The Balaban J connectivity index is 2.93. The average Bonchev–Trinajstić information content (AvgIpc) is 1.80. The molecule has 14 radical (unpaired) electrons. The average molecular weight is 155 g/mol. The van der Waals surface area contributed by atoms with E-state index in [1.165, 1.54) is 0 Å². The molecular weight excluding hydrogens is 152 g/mol. The third-order valence-corrected chi connectivity index (χ3v) is 2.02. The van der Waals surface area contributed by atoms with E-state index in [-0.39, 0.29) is 0 Å². The molecule has 1 saturated heterocycles. The fraction of sp³-hybridized carbons (Fsp3) is 1.00. The van der Waals surface area contributed by atoms with Gasteiger partial charge in [0.25, 0.3) is 0 Å². The van der Waals surface area contributed by atoms with Gasteiger partial charge in [0.05, 0.1) is 54.9 Å². The van der Waals surface area contributed by atoms with Gasteiger partial charge < -0.3 is 10.6 Å². The van der Waals surface area contributed by atoms with Crippen molar-refractivity contribution in [2.75, 3.05) is 0 Å². The normalized spacial score (nSPS) is 35.2. The first-order valence-corrected chi connectivity index (χ1v) is 3.64. The van der Waals surface area contributed by atoms with Crippen LogP contribution in [0.25, 0.3) is 0 Å². The van der Waals surface area contributed by atoms with Crippen LogP contribution < -0.4 is 10.6 Å². The first-order chi connectivity index (χ1) is 5.58. The Morgan fingerprint density at radius 2 is 1.31 bits per heavy atom. The second kappa shape index (κ2) is 2.93. The number of rotatable bonds is 0. The molecule has 2 nitrogen and oxygen atoms in total. The Morgan fingerprint density at radius 3 is 1.69 bits per heavy atom. The monoisotopic (exact) mass is 156 g/mol. The van der Waals surface area contributed by atoms with Gasteiger partial charge in [0.15, 0.2) is 0 Å². The van der Waals surface area contributed by atoms with E-state index in [9.17, 15) is 0 Å². The highest BCUT2D eigenvalue weighted by Gasteiger charge is 2.44. The molecule has 1 atom stereocenters. The Bertz CT molecular complexity index is 215. The predicted molar refractivity (Wildman–Crippen MR) is 58.5 cm³/mol. The molecule has 0 aromatic heterocycles. The van der Waals surface area contributed by atoms with Gasteiger partial charge in [-0.05, 0) is 5.94 Å². The minimum atomic E-state index is -1.65. The summed E-state index contributed by atoms with van der Waals surface area (Å²) in [6.07, 6.45) is 0. The standard InChI is InChI=1S/C4H3B7N2/c5-1-2(6,7)13-4(10,11)3(8,9)12-1/h1,12-13H. The Labute approximate surface area is 88.0 Å². The first kappa shape index (κ1) is 11.4. The quantitative estimate of drug-likeness (QED) is 0.345. The minimum Gasteiger partial charge on any atom is -0.338 e. The van der Waals surface area contributed by atoms with Crippen molar-refractivity contribution in [3.63, 3.8) is 0 Å². The molecule has 0 saturated carbocycles. The second-order valence-electron chi connectivity index (χ2n) is 3.42. The molecule has 1 aliphatic heterocycles. The minimum absolute atomic E-state index is 0.859. The van der Waals surface area contributed by atoms with E-state index in [1.807, 2.05) is 0 Å². The lowest BCUT2D eigenvalue weighted by atomic mass is 9.33. The maximum atomic E-state index is 5.53. The van der Waals surface area contributed by atoms with Gasteiger partial charge >= 0.3 is 0 Å². The van der Waals surface area contributed by atoms with Crippen LogP contribution in [0.3, 0.4) is 0 Å². The lowest BCUT2D eigenvalue weighted by molar-refractivity contribution is 0.325. The van der Waals surface area contributed by atoms with E-state index in [1.54, 1.807) is 0 Å². The van der Waals surface area contributed by atoms with E-state index < -0.39 is 22.0 Å². The topological polar surface area (TPSA) is 24.1 Å². The summed E-state index contributed by atoms with van der Waals surface area (Å²) in [4.78, 5) is 0. The Hall–Kier alpha value is 0.375. The predicted octanol–water partition coefficient (Wildman–Crippen LogP) is -4.35. The second-order valence-corrected chi connectivity index (χ2v) is 3.42. The zero-order valence-corrected chi connectivity index (χ0v) is 7.12. The summed E-state index contributed by atoms with van der Waals surface area (Å²) in [5, 5.41) is 0.251. The van der Waals surface area contributed by atoms with E-state index in [2.05, 4.69) is 10.6 Å². The highest BCUT2D eigenvalue weighted by molar-refractivity contribution is 6.56. The van der Waals surface area contributed by atoms with Crippen LogP contribution in [-0.4, -0.2) is 76.9 Å². The van der Waals surface area contributed by atoms with Crippen molar-refractivity contribution in [2.24, 2.45) is 0 Å². The molecule has 1 fully saturated rings. The molecule has 9 heteroatoms. The molecule has 13 heavy (non-hydrogen) atoms. The summed E-state index contributed by atoms with van der Waals surface area (Å²) in [6, 6.07) is 0. The van der Waals surface area contributed by atoms with Crippen molar-refractivity contribution >= 4 is 54.9 Å². The summed E-state index contributed by atoms with van der Waals surface area (Å²) in [5.74, 6) is -0.859. The molecule has 50 valence electrons. The number of nitrogens with one attached hydrogen (secondary N) is 2. The van der Waals surface area contributed by atoms with Gasteiger partial charge in [0.2, 0.25) is 0 Å². The van der Waals surface area contributed by atoms with Crippen LogP contribution in [0, 0.1) is 0 Å². The smallest absolute Gasteiger partial charge is 0.0910 e. The highest BCUT2D eigenvalue weighted by Crippen LogP contribution is 2.19. The summed E-state index contributed by atoms with van der Waals surface area (Å²) >= 11 is 0. The zero-order chi connectivity index (χ0) is 10.5. The fourth-order valence-electron chi connectivity index (χ4n) is 1.04. The van der Waals surface area contributed by atoms with Gasteiger partial charge in [-0.1, -0.05) is 16.0 Å². The molecule has 1 rings (SSSR count). The van der Waals surface area contributed by atoms with Crippen LogP contribution in [0.1, 0.15) is 0 Å². The van der Waals surface area contributed by atoms with Gasteiger partial charge in [-0.15, -0.1) is 0 Å². The first-order valence-electron chi connectivity index (χ1n) is 3.64. The lowest BCUT2D eigenvalue weighted by Gasteiger charge is -2.60. The highest BCUT2D eigenvalue weighted by atomic mass is 15.2. The van der Waals surface area contributed by atoms with Gasteiger partial charge in [0, 0.05) is 0 Å². The summed E-state index contributed by atoms with van der Waals surface area (Å²) in [7, 11) is 38.7. The molecule has 0 aromatic carbocycles. The van der Waals surface area contributed by atoms with E-state index >= 15 is 0 Å². The van der Waals surface area contributed by atoms with E-state index in [4.69, 9.17) is 54.9 Å². The van der Waals surface area contributed by atoms with Crippen molar-refractivity contribution in [2.45, 2.75) is 22.0 Å². The zero-order valence-electron chi connectivity index (χ0n) is 7.12. The lowest BCUT2D eigenvalue weighted by Crippen LogP contribution is -2.86. The number of hydrogen-bond donors (Lipinski definition) is 2. The largest absolute Gasteiger partial charge is 0.338 e. The van der Waals surface area contributed by atoms with Crippen LogP contribution in [0.2, 0.25) is 0 Å². The molecule has 1 unspecified atom stereocenters. The fourth-order valence-corrected chi connectivity index (χ4v) is 1.04. The maximum Gasteiger partial charge on any atom is 0.0910 e. The van der Waals surface area contributed by atoms with E-state index in [0.717, 1.165) is 0 Å². The van der Waals surface area contributed by atoms with Crippen LogP contribution in [0.15, 0.2) is 0 Å². The molecule has 0 spiro atoms. The van der Waals surface area contributed by atoms with Crippen molar-refractivity contribution in [3.8, 4) is 0 Å². The van der Waals surface area contributed by atoms with Gasteiger partial charge in [-0.2, -0.15) is 0 Å². The molecule has 0 bridgehead atoms. The van der Waals surface area contributed by atoms with Crippen molar-refractivity contribution < 1.29 is 0 Å². The maximum absolute atomic E-state index is 5.53. The molecule has 0 aliphatic carbocycles. The van der Waals surface area contributed by atoms with Crippen LogP contribution in [0.4, 0.5) is 0 Å². The number of hydrogen-bond acceptors (Lipinski definition) is 2. The van der Waals surface area contributed by atoms with Crippen molar-refractivity contribution in [3.05, 3.63) is 0 Å². The van der Waals surface area contributed by atoms with Crippen LogP contribution >= 0.6 is 0 Å². The van der Waals surface area contributed by atoms with Crippen LogP contribution in [-0.2, 0) is 0 Å². The molecular formula is C4H3B7N2. The van der Waals surface area contributed by atoms with Crippen molar-refractivity contribution in [1.29, 1.82) is 0 Å². The number of piperazine rings is 1. The third kappa shape index (κ3) is 1.91. The summed E-state index contributed by atoms with van der Waals surface area (Å²) in [6.45, 7) is 0. The summed E-state index contributed by atoms with van der Waals surface area (Å²) in [5.41, 5.74) is 0. The van der Waals surface area contributed by atoms with Gasteiger partial charge in [-0.3, -0.25) is 0 Å². The molecule has 1 aliphatic rings. The van der Waals surface area contributed by atoms with Gasteiger partial charge in [-0.25, -0.2) is 0 Å². The Kier molecular flexibility index (Phi) is 2.58. The Morgan fingerprint density at radius 1 is 0.846 bits per heavy atom. The van der Waals surface area contributed by atoms with Gasteiger partial charge in [0.1, 0.15) is 0 Å². The van der Waals surface area contributed by atoms with Crippen molar-refractivity contribution in [1.82, 2.24) is 10.6 Å². The molecule has 2 N–H and O–H groups in total. The molecule has 1 heterocycles. The van der Waals surface area contributed by atoms with Crippen LogP contribution in [0.5, 0.6) is 0 Å². The molecule has 0 aromatic rings. The molecule has 0 amide bonds. The van der Waals surface area contributed by atoms with E-state index in [0.29, 0.717) is 0 Å². The summed E-state index contributed by atoms with van der Waals surface area (Å²) < 4.78 is 0. The third-order valence-electron chi connectivity index (χ3n) is 2.02.